The van der Waals surface area contributed by atoms with Crippen molar-refractivity contribution in [2.45, 2.75) is 8.63 Å². The van der Waals surface area contributed by atoms with Crippen molar-refractivity contribution in [1.82, 2.24) is 10.1 Å². The van der Waals surface area contributed by atoms with E-state index >= 15 is 0 Å². The van der Waals surface area contributed by atoms with E-state index in [0.29, 0.717) is 0 Å². The van der Waals surface area contributed by atoms with Crippen LogP contribution in [-0.4, -0.2) is 10.1 Å². The topological polar surface area (TPSA) is 38.9 Å². The zero-order chi connectivity index (χ0) is 9.35. The van der Waals surface area contributed by atoms with Gasteiger partial charge in [0.15, 0.2) is 4.84 Å². The highest BCUT2D eigenvalue weighted by molar-refractivity contribution is 6.66. The van der Waals surface area contributed by atoms with E-state index in [2.05, 4.69) is 14.7 Å². The van der Waals surface area contributed by atoms with E-state index in [9.17, 15) is 0 Å². The average molecular weight is 270 g/mol. The molecule has 0 atom stereocenters. The minimum Gasteiger partial charge on any atom is -0.334 e. The molecule has 0 aromatic carbocycles. The van der Waals surface area contributed by atoms with Crippen molar-refractivity contribution in [3.63, 3.8) is 0 Å². The average Bonchev–Trinajstić information content (AvgIpc) is 2.30. The number of hydrogen-bond donors (Lipinski definition) is 0. The van der Waals surface area contributed by atoms with Gasteiger partial charge in [-0.25, -0.2) is 0 Å². The second-order valence-electron chi connectivity index (χ2n) is 1.76. The number of rotatable bonds is 1. The fourth-order valence-corrected chi connectivity index (χ4v) is 0.846. The molecule has 1 aromatic rings. The first-order valence-electron chi connectivity index (χ1n) is 2.60. The van der Waals surface area contributed by atoms with Crippen LogP contribution in [0.25, 0.3) is 0 Å². The third kappa shape index (κ3) is 2.54. The van der Waals surface area contributed by atoms with Gasteiger partial charge in [0.2, 0.25) is 5.82 Å². The number of alkyl halides is 5. The van der Waals surface area contributed by atoms with E-state index in [4.69, 9.17) is 58.0 Å². The van der Waals surface area contributed by atoms with Crippen LogP contribution in [0.4, 0.5) is 0 Å². The molecule has 3 nitrogen and oxygen atoms in total. The summed E-state index contributed by atoms with van der Waals surface area (Å²) in [6.45, 7) is 0. The molecule has 1 rings (SSSR count). The summed E-state index contributed by atoms with van der Waals surface area (Å²) in [6, 6.07) is 0. The predicted octanol–water partition coefficient (Wildman–Crippen LogP) is 3.37. The number of aromatic nitrogens is 2. The summed E-state index contributed by atoms with van der Waals surface area (Å²) in [5.74, 6) is -0.0894. The Morgan fingerprint density at radius 2 is 1.83 bits per heavy atom. The van der Waals surface area contributed by atoms with Crippen LogP contribution in [0, 0.1) is 0 Å². The van der Waals surface area contributed by atoms with Crippen molar-refractivity contribution in [3.05, 3.63) is 11.7 Å². The summed E-state index contributed by atoms with van der Waals surface area (Å²) in [5.41, 5.74) is 0. The summed E-state index contributed by atoms with van der Waals surface area (Å²) >= 11 is 27.1. The molecule has 1 aromatic heterocycles. The van der Waals surface area contributed by atoms with Gasteiger partial charge in [0.1, 0.15) is 0 Å². The first-order chi connectivity index (χ1) is 5.41. The van der Waals surface area contributed by atoms with E-state index in [-0.39, 0.29) is 11.7 Å². The van der Waals surface area contributed by atoms with Gasteiger partial charge in [-0.1, -0.05) is 63.2 Å². The quantitative estimate of drug-likeness (QED) is 0.734. The normalized spacial score (nSPS) is 12.5. The molecule has 0 radical (unpaired) electrons. The maximum atomic E-state index is 5.43. The molecule has 0 bridgehead atoms. The molecule has 0 aliphatic heterocycles. The monoisotopic (exact) mass is 268 g/mol. The Morgan fingerprint density at radius 3 is 2.08 bits per heavy atom. The Balaban J connectivity index is 2.92. The Morgan fingerprint density at radius 1 is 1.25 bits per heavy atom. The zero-order valence-electron chi connectivity index (χ0n) is 5.27. The van der Waals surface area contributed by atoms with Gasteiger partial charge < -0.3 is 4.52 Å². The molecule has 8 heteroatoms. The molecule has 0 aliphatic carbocycles. The maximum absolute atomic E-state index is 5.43. The van der Waals surface area contributed by atoms with E-state index in [1.807, 2.05) is 0 Å². The molecule has 12 heavy (non-hydrogen) atoms. The molecule has 0 N–H and O–H groups in total. The van der Waals surface area contributed by atoms with Gasteiger partial charge in [0.25, 0.3) is 9.68 Å². The third-order valence-corrected chi connectivity index (χ3v) is 1.75. The smallest absolute Gasteiger partial charge is 0.278 e. The van der Waals surface area contributed by atoms with Crippen molar-refractivity contribution in [2.75, 3.05) is 0 Å². The first kappa shape index (κ1) is 10.7. The van der Waals surface area contributed by atoms with Gasteiger partial charge in [0.05, 0.1) is 0 Å². The largest absolute Gasteiger partial charge is 0.334 e. The zero-order valence-corrected chi connectivity index (χ0v) is 9.05. The molecule has 0 spiro atoms. The fourth-order valence-electron chi connectivity index (χ4n) is 0.439. The minimum absolute atomic E-state index is 0.0691. The predicted molar refractivity (Wildman–Crippen MR) is 48.0 cm³/mol. The van der Waals surface area contributed by atoms with E-state index in [1.165, 1.54) is 0 Å². The Kier molecular flexibility index (Phi) is 3.34. The van der Waals surface area contributed by atoms with Gasteiger partial charge in [-0.2, -0.15) is 4.98 Å². The maximum Gasteiger partial charge on any atom is 0.278 e. The third-order valence-electron chi connectivity index (χ3n) is 0.879. The van der Waals surface area contributed by atoms with Crippen molar-refractivity contribution < 1.29 is 4.52 Å². The van der Waals surface area contributed by atoms with E-state index < -0.39 is 8.63 Å². The molecule has 0 saturated carbocycles. The Bertz CT molecular complexity index is 267. The van der Waals surface area contributed by atoms with Crippen LogP contribution in [0.2, 0.25) is 0 Å². The minimum atomic E-state index is -1.74. The second kappa shape index (κ2) is 3.76. The van der Waals surface area contributed by atoms with E-state index in [0.717, 1.165) is 0 Å². The van der Waals surface area contributed by atoms with Crippen molar-refractivity contribution in [1.29, 1.82) is 0 Å². The van der Waals surface area contributed by atoms with Crippen molar-refractivity contribution in [2.24, 2.45) is 0 Å². The van der Waals surface area contributed by atoms with Gasteiger partial charge in [0, 0.05) is 0 Å². The van der Waals surface area contributed by atoms with Crippen LogP contribution >= 0.6 is 58.0 Å². The first-order valence-corrected chi connectivity index (χ1v) is 4.61. The summed E-state index contributed by atoms with van der Waals surface area (Å²) in [7, 11) is 0. The van der Waals surface area contributed by atoms with Crippen LogP contribution in [0.15, 0.2) is 4.52 Å². The standard InChI is InChI=1S/C4HCl5N2O/c5-1(6)2-10-3(12-11-2)4(7,8)9/h1H. The molecule has 0 fully saturated rings. The molecule has 0 aliphatic rings. The van der Waals surface area contributed by atoms with Gasteiger partial charge in [-0.15, -0.1) is 0 Å². The lowest BCUT2D eigenvalue weighted by molar-refractivity contribution is 0.378. The molecule has 0 saturated heterocycles. The molecular formula is C4HCl5N2O. The van der Waals surface area contributed by atoms with Crippen LogP contribution in [0.5, 0.6) is 0 Å². The lowest BCUT2D eigenvalue weighted by atomic mass is 10.7. The number of hydrogen-bond acceptors (Lipinski definition) is 3. The summed E-state index contributed by atoms with van der Waals surface area (Å²) < 4.78 is 2.82. The summed E-state index contributed by atoms with van der Waals surface area (Å²) in [5, 5.41) is 3.38. The Hall–Kier alpha value is 0.590. The summed E-state index contributed by atoms with van der Waals surface area (Å²) in [6.07, 6.45) is 0. The van der Waals surface area contributed by atoms with Crippen LogP contribution in [0.3, 0.4) is 0 Å². The van der Waals surface area contributed by atoms with Gasteiger partial charge in [-0.05, 0) is 0 Å². The molecule has 0 unspecified atom stereocenters. The highest BCUT2D eigenvalue weighted by atomic mass is 35.6. The fraction of sp³-hybridized carbons (Fsp3) is 0.500. The molecular weight excluding hydrogens is 269 g/mol. The van der Waals surface area contributed by atoms with Gasteiger partial charge >= 0.3 is 0 Å². The van der Waals surface area contributed by atoms with Crippen LogP contribution < -0.4 is 0 Å². The van der Waals surface area contributed by atoms with Crippen LogP contribution in [-0.2, 0) is 3.79 Å². The summed E-state index contributed by atoms with van der Waals surface area (Å²) in [4.78, 5) is 2.75. The van der Waals surface area contributed by atoms with Crippen molar-refractivity contribution >= 4 is 58.0 Å². The lowest BCUT2D eigenvalue weighted by Gasteiger charge is -2.01. The van der Waals surface area contributed by atoms with Crippen molar-refractivity contribution in [3.8, 4) is 0 Å². The number of nitrogens with zero attached hydrogens (tertiary/aromatic N) is 2. The SMILES string of the molecule is ClC(Cl)c1noc(C(Cl)(Cl)Cl)n1. The number of halogens is 5. The van der Waals surface area contributed by atoms with E-state index in [1.54, 1.807) is 0 Å². The highest BCUT2D eigenvalue weighted by Gasteiger charge is 2.31. The molecule has 0 amide bonds. The van der Waals surface area contributed by atoms with Gasteiger partial charge in [-0.3, -0.25) is 0 Å². The molecule has 1 heterocycles. The second-order valence-corrected chi connectivity index (χ2v) is 5.13. The molecule has 68 valence electrons. The lowest BCUT2D eigenvalue weighted by Crippen LogP contribution is -2.00. The Labute approximate surface area is 92.9 Å². The highest BCUT2D eigenvalue weighted by Crippen LogP contribution is 2.37. The van der Waals surface area contributed by atoms with Crippen LogP contribution in [0.1, 0.15) is 16.6 Å².